The first-order chi connectivity index (χ1) is 6.41. The zero-order chi connectivity index (χ0) is 10.4. The number of ether oxygens (including phenoxy) is 2. The molecule has 78 valence electrons. The highest BCUT2D eigenvalue weighted by atomic mass is 16.6. The quantitative estimate of drug-likeness (QED) is 0.438. The monoisotopic (exact) mass is 196 g/mol. The fraction of sp³-hybridized carbons (Fsp3) is 0.727. The Morgan fingerprint density at radius 2 is 2.14 bits per heavy atom. The van der Waals surface area contributed by atoms with Crippen LogP contribution < -0.4 is 0 Å². The van der Waals surface area contributed by atoms with Gasteiger partial charge in [-0.15, -0.1) is 0 Å². The van der Waals surface area contributed by atoms with Crippen molar-refractivity contribution in [1.29, 1.82) is 0 Å². The Morgan fingerprint density at radius 1 is 1.43 bits per heavy atom. The van der Waals surface area contributed by atoms with Crippen molar-refractivity contribution in [3.05, 3.63) is 12.2 Å². The number of hydrogen-bond donors (Lipinski definition) is 0. The summed E-state index contributed by atoms with van der Waals surface area (Å²) in [6.07, 6.45) is 5.08. The Labute approximate surface area is 84.1 Å². The van der Waals surface area contributed by atoms with Gasteiger partial charge < -0.3 is 9.47 Å². The lowest BCUT2D eigenvalue weighted by Gasteiger charge is -2.30. The predicted octanol–water partition coefficient (Wildman–Crippen LogP) is 1.82. The first kappa shape index (κ1) is 9.71. The number of hydrogen-bond acceptors (Lipinski definition) is 3. The summed E-state index contributed by atoms with van der Waals surface area (Å²) in [5.41, 5.74) is -0.752. The van der Waals surface area contributed by atoms with Gasteiger partial charge in [-0.25, -0.2) is 0 Å². The second-order valence-corrected chi connectivity index (χ2v) is 4.81. The predicted molar refractivity (Wildman–Crippen MR) is 51.8 cm³/mol. The van der Waals surface area contributed by atoms with E-state index < -0.39 is 5.60 Å². The number of rotatable bonds is 0. The second-order valence-electron chi connectivity index (χ2n) is 4.81. The molecule has 0 saturated carbocycles. The molecule has 0 radical (unpaired) electrons. The van der Waals surface area contributed by atoms with Crippen LogP contribution in [-0.4, -0.2) is 23.3 Å². The van der Waals surface area contributed by atoms with Gasteiger partial charge in [-0.3, -0.25) is 4.79 Å². The molecule has 0 amide bonds. The number of fused-ring (bicyclic) bond motifs is 1. The van der Waals surface area contributed by atoms with Crippen molar-refractivity contribution in [2.75, 3.05) is 0 Å². The molecule has 0 aromatic rings. The van der Waals surface area contributed by atoms with Gasteiger partial charge in [-0.05, 0) is 20.8 Å². The van der Waals surface area contributed by atoms with Crippen LogP contribution in [0.1, 0.15) is 33.6 Å². The van der Waals surface area contributed by atoms with E-state index in [0.717, 1.165) is 6.42 Å². The Bertz CT molecular complexity index is 293. The minimum absolute atomic E-state index is 0.111. The highest BCUT2D eigenvalue weighted by Gasteiger charge is 2.48. The smallest absolute Gasteiger partial charge is 0.309 e. The molecule has 0 aliphatic carbocycles. The Morgan fingerprint density at radius 3 is 2.86 bits per heavy atom. The minimum atomic E-state index is -0.457. The molecule has 2 atom stereocenters. The van der Waals surface area contributed by atoms with Gasteiger partial charge in [0.05, 0.1) is 12.0 Å². The van der Waals surface area contributed by atoms with Gasteiger partial charge in [0.25, 0.3) is 0 Å². The summed E-state index contributed by atoms with van der Waals surface area (Å²) in [6, 6.07) is 0. The van der Waals surface area contributed by atoms with Crippen molar-refractivity contribution in [1.82, 2.24) is 0 Å². The van der Waals surface area contributed by atoms with Crippen molar-refractivity contribution in [3.8, 4) is 0 Å². The molecule has 1 fully saturated rings. The van der Waals surface area contributed by atoms with E-state index in [-0.39, 0.29) is 17.7 Å². The van der Waals surface area contributed by atoms with Crippen molar-refractivity contribution >= 4 is 5.97 Å². The molecule has 0 aromatic heterocycles. The third kappa shape index (κ3) is 1.57. The molecule has 2 aliphatic heterocycles. The van der Waals surface area contributed by atoms with E-state index >= 15 is 0 Å². The maximum atomic E-state index is 11.2. The standard InChI is InChI=1S/C11H16O3/c1-10(2)5-4-6-11(3)8(13-10)7-9(12)14-11/h4-5,8H,6-7H2,1-3H3/t8-,11-/m0/s1. The molecule has 0 unspecified atom stereocenters. The Hall–Kier alpha value is -0.830. The normalized spacial score (nSPS) is 40.2. The third-order valence-electron chi connectivity index (χ3n) is 2.87. The maximum Gasteiger partial charge on any atom is 0.309 e. The van der Waals surface area contributed by atoms with E-state index in [2.05, 4.69) is 0 Å². The van der Waals surface area contributed by atoms with Crippen LogP contribution >= 0.6 is 0 Å². The van der Waals surface area contributed by atoms with Gasteiger partial charge in [0, 0.05) is 6.42 Å². The van der Waals surface area contributed by atoms with Gasteiger partial charge in [-0.1, -0.05) is 12.2 Å². The molecule has 0 spiro atoms. The highest BCUT2D eigenvalue weighted by molar-refractivity contribution is 5.73. The molecular formula is C11H16O3. The molecule has 2 aliphatic rings. The van der Waals surface area contributed by atoms with Crippen LogP contribution in [0.5, 0.6) is 0 Å². The summed E-state index contributed by atoms with van der Waals surface area (Å²) in [7, 11) is 0. The summed E-state index contributed by atoms with van der Waals surface area (Å²) in [5.74, 6) is -0.149. The third-order valence-corrected chi connectivity index (χ3v) is 2.87. The van der Waals surface area contributed by atoms with Crippen LogP contribution in [0.2, 0.25) is 0 Å². The van der Waals surface area contributed by atoms with Gasteiger partial charge >= 0.3 is 5.97 Å². The molecule has 14 heavy (non-hydrogen) atoms. The molecule has 0 aromatic carbocycles. The van der Waals surface area contributed by atoms with Crippen LogP contribution in [0.15, 0.2) is 12.2 Å². The van der Waals surface area contributed by atoms with Crippen LogP contribution in [-0.2, 0) is 14.3 Å². The second kappa shape index (κ2) is 2.83. The lowest BCUT2D eigenvalue weighted by atomic mass is 9.96. The fourth-order valence-corrected chi connectivity index (χ4v) is 2.06. The van der Waals surface area contributed by atoms with Gasteiger partial charge in [0.15, 0.2) is 0 Å². The van der Waals surface area contributed by atoms with Crippen LogP contribution in [0.4, 0.5) is 0 Å². The van der Waals surface area contributed by atoms with Crippen molar-refractivity contribution in [2.24, 2.45) is 0 Å². The Balaban J connectivity index is 2.26. The van der Waals surface area contributed by atoms with E-state index in [1.807, 2.05) is 32.9 Å². The molecule has 3 nitrogen and oxygen atoms in total. The Kier molecular flexibility index (Phi) is 1.96. The minimum Gasteiger partial charge on any atom is -0.456 e. The zero-order valence-electron chi connectivity index (χ0n) is 8.87. The summed E-state index contributed by atoms with van der Waals surface area (Å²) >= 11 is 0. The van der Waals surface area contributed by atoms with Crippen LogP contribution in [0.3, 0.4) is 0 Å². The van der Waals surface area contributed by atoms with E-state index in [1.165, 1.54) is 0 Å². The zero-order valence-corrected chi connectivity index (χ0v) is 8.87. The molecule has 2 heterocycles. The largest absolute Gasteiger partial charge is 0.456 e. The van der Waals surface area contributed by atoms with E-state index in [1.54, 1.807) is 0 Å². The topological polar surface area (TPSA) is 35.5 Å². The molecule has 2 rings (SSSR count). The fourth-order valence-electron chi connectivity index (χ4n) is 2.06. The molecule has 0 bridgehead atoms. The SMILES string of the molecule is CC1(C)C=CC[C@]2(C)OC(=O)C[C@@H]2O1. The lowest BCUT2D eigenvalue weighted by molar-refractivity contribution is -0.152. The average Bonchev–Trinajstić information content (AvgIpc) is 2.19. The van der Waals surface area contributed by atoms with E-state index in [4.69, 9.17) is 9.47 Å². The van der Waals surface area contributed by atoms with Crippen molar-refractivity contribution in [3.63, 3.8) is 0 Å². The van der Waals surface area contributed by atoms with E-state index in [0.29, 0.717) is 6.42 Å². The summed E-state index contributed by atoms with van der Waals surface area (Å²) in [6.45, 7) is 5.93. The van der Waals surface area contributed by atoms with Gasteiger partial charge in [-0.2, -0.15) is 0 Å². The number of carbonyl (C=O) groups is 1. The molecule has 3 heteroatoms. The van der Waals surface area contributed by atoms with Crippen molar-refractivity contribution in [2.45, 2.75) is 50.9 Å². The van der Waals surface area contributed by atoms with Crippen LogP contribution in [0.25, 0.3) is 0 Å². The molecular weight excluding hydrogens is 180 g/mol. The summed E-state index contributed by atoms with van der Waals surface area (Å²) in [5, 5.41) is 0. The first-order valence-corrected chi connectivity index (χ1v) is 4.99. The number of carbonyl (C=O) groups excluding carboxylic acids is 1. The average molecular weight is 196 g/mol. The summed E-state index contributed by atoms with van der Waals surface area (Å²) < 4.78 is 11.2. The van der Waals surface area contributed by atoms with Gasteiger partial charge in [0.1, 0.15) is 11.7 Å². The van der Waals surface area contributed by atoms with Crippen molar-refractivity contribution < 1.29 is 14.3 Å². The highest BCUT2D eigenvalue weighted by Crippen LogP contribution is 2.37. The molecule has 0 N–H and O–H groups in total. The first-order valence-electron chi connectivity index (χ1n) is 4.99. The van der Waals surface area contributed by atoms with E-state index in [9.17, 15) is 4.79 Å². The maximum absolute atomic E-state index is 11.2. The van der Waals surface area contributed by atoms with Gasteiger partial charge in [0.2, 0.25) is 0 Å². The molecule has 1 saturated heterocycles. The number of esters is 1. The van der Waals surface area contributed by atoms with Crippen LogP contribution in [0, 0.1) is 0 Å². The lowest BCUT2D eigenvalue weighted by Crippen LogP contribution is -2.40. The summed E-state index contributed by atoms with van der Waals surface area (Å²) in [4.78, 5) is 11.2.